The molecule has 0 radical (unpaired) electrons. The molecule has 0 fully saturated rings. The monoisotopic (exact) mass is 355 g/mol. The summed E-state index contributed by atoms with van der Waals surface area (Å²) in [5.41, 5.74) is 5.93. The van der Waals surface area contributed by atoms with E-state index >= 15 is 0 Å². The fourth-order valence-corrected chi connectivity index (χ4v) is 2.21. The van der Waals surface area contributed by atoms with Crippen molar-refractivity contribution in [2.75, 3.05) is 5.43 Å². The third-order valence-corrected chi connectivity index (χ3v) is 3.58. The van der Waals surface area contributed by atoms with Gasteiger partial charge in [0.05, 0.1) is 17.9 Å². The van der Waals surface area contributed by atoms with Crippen LogP contribution in [0, 0.1) is 0 Å². The predicted octanol–water partition coefficient (Wildman–Crippen LogP) is 3.56. The Morgan fingerprint density at radius 1 is 1.09 bits per heavy atom. The van der Waals surface area contributed by atoms with Crippen molar-refractivity contribution in [2.24, 2.45) is 5.10 Å². The summed E-state index contributed by atoms with van der Waals surface area (Å²) in [4.78, 5) is 3.97. The van der Waals surface area contributed by atoms with Crippen LogP contribution in [-0.4, -0.2) is 20.5 Å². The molecule has 0 saturated heterocycles. The highest BCUT2D eigenvalue weighted by molar-refractivity contribution is 9.10. The number of hydrazone groups is 1. The molecule has 0 unspecified atom stereocenters. The second kappa shape index (κ2) is 7.00. The summed E-state index contributed by atoms with van der Waals surface area (Å²) in [7, 11) is 0. The minimum absolute atomic E-state index is 0.543. The Hall–Kier alpha value is -2.47. The first-order chi connectivity index (χ1) is 10.8. The molecule has 22 heavy (non-hydrogen) atoms. The molecule has 0 spiro atoms. The summed E-state index contributed by atoms with van der Waals surface area (Å²) in [6.07, 6.45) is 3.20. The van der Waals surface area contributed by atoms with E-state index in [1.807, 2.05) is 54.6 Å². The van der Waals surface area contributed by atoms with E-state index in [-0.39, 0.29) is 0 Å². The average molecular weight is 356 g/mol. The molecular weight excluding hydrogens is 342 g/mol. The highest BCUT2D eigenvalue weighted by atomic mass is 79.9. The maximum atomic E-state index is 4.53. The normalized spacial score (nSPS) is 11.4. The lowest BCUT2D eigenvalue weighted by atomic mass is 10.1. The van der Waals surface area contributed by atoms with E-state index in [1.54, 1.807) is 11.0 Å². The van der Waals surface area contributed by atoms with Crippen LogP contribution in [0.4, 0.5) is 5.69 Å². The summed E-state index contributed by atoms with van der Waals surface area (Å²) in [6, 6.07) is 17.9. The van der Waals surface area contributed by atoms with Gasteiger partial charge >= 0.3 is 0 Å². The molecule has 0 aliphatic heterocycles. The van der Waals surface area contributed by atoms with Gasteiger partial charge in [0.15, 0.2) is 0 Å². The molecule has 1 aromatic heterocycles. The summed E-state index contributed by atoms with van der Waals surface area (Å²) in [5.74, 6) is 0. The number of halogens is 1. The first-order valence-electron chi connectivity index (χ1n) is 6.77. The first-order valence-corrected chi connectivity index (χ1v) is 7.56. The number of nitrogens with zero attached hydrogens (tertiary/aromatic N) is 4. The molecule has 6 heteroatoms. The van der Waals surface area contributed by atoms with E-state index in [2.05, 4.69) is 36.5 Å². The van der Waals surface area contributed by atoms with Crippen molar-refractivity contribution >= 4 is 27.3 Å². The fraction of sp³-hybridized carbons (Fsp3) is 0.0625. The topological polar surface area (TPSA) is 55.1 Å². The molecule has 0 atom stereocenters. The Bertz CT molecular complexity index is 736. The van der Waals surface area contributed by atoms with Gasteiger partial charge in [0.1, 0.15) is 12.7 Å². The molecule has 3 aromatic rings. The second-order valence-corrected chi connectivity index (χ2v) is 5.55. The average Bonchev–Trinajstić information content (AvgIpc) is 3.06. The van der Waals surface area contributed by atoms with Gasteiger partial charge in [0.2, 0.25) is 0 Å². The van der Waals surface area contributed by atoms with Gasteiger partial charge in [-0.05, 0) is 29.8 Å². The van der Waals surface area contributed by atoms with Gasteiger partial charge in [-0.25, -0.2) is 9.67 Å². The molecule has 5 nitrogen and oxygen atoms in total. The van der Waals surface area contributed by atoms with E-state index in [9.17, 15) is 0 Å². The van der Waals surface area contributed by atoms with Gasteiger partial charge in [0, 0.05) is 4.47 Å². The number of nitrogens with one attached hydrogen (secondary N) is 1. The van der Waals surface area contributed by atoms with E-state index in [4.69, 9.17) is 0 Å². The van der Waals surface area contributed by atoms with Crippen LogP contribution in [0.5, 0.6) is 0 Å². The van der Waals surface area contributed by atoms with Crippen LogP contribution in [0.25, 0.3) is 0 Å². The van der Waals surface area contributed by atoms with Crippen molar-refractivity contribution in [1.29, 1.82) is 0 Å². The summed E-state index contributed by atoms with van der Waals surface area (Å²) in [6.45, 7) is 0.543. The largest absolute Gasteiger partial charge is 0.278 e. The van der Waals surface area contributed by atoms with Crippen molar-refractivity contribution in [2.45, 2.75) is 6.54 Å². The maximum Gasteiger partial charge on any atom is 0.137 e. The first kappa shape index (κ1) is 14.5. The Morgan fingerprint density at radius 2 is 1.86 bits per heavy atom. The molecule has 0 saturated carbocycles. The van der Waals surface area contributed by atoms with E-state index in [0.29, 0.717) is 6.54 Å². The maximum absolute atomic E-state index is 4.53. The van der Waals surface area contributed by atoms with Crippen molar-refractivity contribution in [1.82, 2.24) is 14.8 Å². The van der Waals surface area contributed by atoms with Crippen LogP contribution in [0.1, 0.15) is 5.56 Å². The molecule has 0 aliphatic rings. The second-order valence-electron chi connectivity index (χ2n) is 4.64. The molecule has 1 N–H and O–H groups in total. The Kier molecular flexibility index (Phi) is 4.60. The predicted molar refractivity (Wildman–Crippen MR) is 90.8 cm³/mol. The molecule has 2 aromatic carbocycles. The van der Waals surface area contributed by atoms with Crippen LogP contribution in [0.2, 0.25) is 0 Å². The number of para-hydroxylation sites is 1. The molecule has 1 heterocycles. The lowest BCUT2D eigenvalue weighted by molar-refractivity contribution is 0.721. The van der Waals surface area contributed by atoms with Crippen LogP contribution >= 0.6 is 15.9 Å². The summed E-state index contributed by atoms with van der Waals surface area (Å²) in [5, 5.41) is 8.67. The number of rotatable bonds is 5. The number of anilines is 1. The highest BCUT2D eigenvalue weighted by Gasteiger charge is 2.06. The minimum Gasteiger partial charge on any atom is -0.278 e. The van der Waals surface area contributed by atoms with Crippen molar-refractivity contribution < 1.29 is 0 Å². The molecule has 0 amide bonds. The van der Waals surface area contributed by atoms with Crippen molar-refractivity contribution in [3.8, 4) is 0 Å². The lowest BCUT2D eigenvalue weighted by Crippen LogP contribution is -2.14. The third kappa shape index (κ3) is 3.79. The Morgan fingerprint density at radius 3 is 2.55 bits per heavy atom. The van der Waals surface area contributed by atoms with Crippen LogP contribution in [0.15, 0.2) is 76.8 Å². The van der Waals surface area contributed by atoms with Crippen molar-refractivity contribution in [3.05, 3.63) is 77.3 Å². The zero-order chi connectivity index (χ0) is 15.2. The van der Waals surface area contributed by atoms with Gasteiger partial charge in [0.25, 0.3) is 0 Å². The molecule has 3 rings (SSSR count). The summed E-state index contributed by atoms with van der Waals surface area (Å²) < 4.78 is 2.78. The van der Waals surface area contributed by atoms with E-state index in [1.165, 1.54) is 6.33 Å². The Balaban J connectivity index is 1.86. The lowest BCUT2D eigenvalue weighted by Gasteiger charge is -2.08. The molecular formula is C16H14BrN5. The number of hydrogen-bond donors (Lipinski definition) is 1. The van der Waals surface area contributed by atoms with Crippen LogP contribution in [-0.2, 0) is 6.54 Å². The van der Waals surface area contributed by atoms with E-state index < -0.39 is 0 Å². The fourth-order valence-electron chi connectivity index (χ4n) is 1.95. The van der Waals surface area contributed by atoms with E-state index in [0.717, 1.165) is 21.4 Å². The quantitative estimate of drug-likeness (QED) is 0.562. The van der Waals surface area contributed by atoms with Gasteiger partial charge < -0.3 is 0 Å². The molecule has 0 bridgehead atoms. The summed E-state index contributed by atoms with van der Waals surface area (Å²) >= 11 is 3.45. The standard InChI is InChI=1S/C16H14BrN5/c17-14-8-6-13(7-9-14)16(10-22-12-18-11-19-22)21-20-15-4-2-1-3-5-15/h1-9,11-12,20H,10H2/b21-16-. The highest BCUT2D eigenvalue weighted by Crippen LogP contribution is 2.13. The number of benzene rings is 2. The third-order valence-electron chi connectivity index (χ3n) is 3.05. The molecule has 110 valence electrons. The molecule has 0 aliphatic carbocycles. The smallest absolute Gasteiger partial charge is 0.137 e. The Labute approximate surface area is 136 Å². The zero-order valence-electron chi connectivity index (χ0n) is 11.7. The van der Waals surface area contributed by atoms with Gasteiger partial charge in [-0.15, -0.1) is 0 Å². The van der Waals surface area contributed by atoms with Gasteiger partial charge in [-0.1, -0.05) is 46.3 Å². The minimum atomic E-state index is 0.543. The van der Waals surface area contributed by atoms with Crippen molar-refractivity contribution in [3.63, 3.8) is 0 Å². The van der Waals surface area contributed by atoms with Gasteiger partial charge in [-0.2, -0.15) is 10.2 Å². The zero-order valence-corrected chi connectivity index (χ0v) is 13.3. The van der Waals surface area contributed by atoms with Crippen LogP contribution in [0.3, 0.4) is 0 Å². The van der Waals surface area contributed by atoms with Gasteiger partial charge in [-0.3, -0.25) is 5.43 Å². The SMILES string of the molecule is Brc1ccc(/C(Cn2cncn2)=N\Nc2ccccc2)cc1. The van der Waals surface area contributed by atoms with Crippen LogP contribution < -0.4 is 5.43 Å². The number of aromatic nitrogens is 3. The number of hydrogen-bond acceptors (Lipinski definition) is 4.